The smallest absolute Gasteiger partial charge is 0.242 e. The van der Waals surface area contributed by atoms with Crippen molar-refractivity contribution >= 4 is 35.6 Å². The Bertz CT molecular complexity index is 585. The summed E-state index contributed by atoms with van der Waals surface area (Å²) in [5.41, 5.74) is 3.04. The first-order valence-corrected chi connectivity index (χ1v) is 9.44. The quantitative estimate of drug-likeness (QED) is 0.606. The number of hydrogen-bond acceptors (Lipinski definition) is 6. The van der Waals surface area contributed by atoms with E-state index < -0.39 is 0 Å². The maximum absolute atomic E-state index is 11.9. The zero-order valence-electron chi connectivity index (χ0n) is 13.5. The summed E-state index contributed by atoms with van der Waals surface area (Å²) >= 11 is 3.62. The number of carbonyl (C=O) groups excluding carboxylic acids is 1. The van der Waals surface area contributed by atoms with Gasteiger partial charge in [-0.15, -0.1) is 23.5 Å². The summed E-state index contributed by atoms with van der Waals surface area (Å²) in [6.45, 7) is 5.92. The fourth-order valence-corrected chi connectivity index (χ4v) is 4.97. The maximum Gasteiger partial charge on any atom is 0.242 e. The van der Waals surface area contributed by atoms with Crippen LogP contribution in [-0.4, -0.2) is 38.9 Å². The molecule has 1 aromatic rings. The molecule has 0 atom stereocenters. The van der Waals surface area contributed by atoms with E-state index >= 15 is 0 Å². The number of amides is 1. The molecule has 1 saturated heterocycles. The number of hydrazone groups is 1. The molecule has 0 aliphatic carbocycles. The molecule has 0 unspecified atom stereocenters. The molecule has 1 aliphatic heterocycles. The van der Waals surface area contributed by atoms with E-state index in [2.05, 4.69) is 17.5 Å². The van der Waals surface area contributed by atoms with Gasteiger partial charge < -0.3 is 9.84 Å². The first-order chi connectivity index (χ1) is 10.9. The van der Waals surface area contributed by atoms with Crippen molar-refractivity contribution in [1.29, 1.82) is 0 Å². The normalized spacial score (nSPS) is 16.9. The zero-order valence-corrected chi connectivity index (χ0v) is 15.2. The number of carbonyl (C=O) groups is 1. The van der Waals surface area contributed by atoms with Crippen molar-refractivity contribution in [2.24, 2.45) is 5.10 Å². The van der Waals surface area contributed by atoms with Gasteiger partial charge in [-0.3, -0.25) is 4.79 Å². The van der Waals surface area contributed by atoms with Crippen LogP contribution in [-0.2, 0) is 4.79 Å². The molecule has 1 aromatic carbocycles. The second-order valence-electron chi connectivity index (χ2n) is 5.69. The topological polar surface area (TPSA) is 70.9 Å². The molecule has 2 N–H and O–H groups in total. The summed E-state index contributed by atoms with van der Waals surface area (Å²) < 4.78 is 5.44. The van der Waals surface area contributed by atoms with Crippen LogP contribution in [0.4, 0.5) is 0 Å². The highest BCUT2D eigenvalue weighted by Crippen LogP contribution is 2.45. The minimum absolute atomic E-state index is 0.0425. The van der Waals surface area contributed by atoms with Gasteiger partial charge in [-0.1, -0.05) is 0 Å². The fraction of sp³-hybridized carbons (Fsp3) is 0.500. The Kier molecular flexibility index (Phi) is 6.24. The number of benzene rings is 1. The van der Waals surface area contributed by atoms with Crippen LogP contribution in [0.3, 0.4) is 0 Å². The summed E-state index contributed by atoms with van der Waals surface area (Å²) in [6.07, 6.45) is 1.90. The molecule has 126 valence electrons. The highest BCUT2D eigenvalue weighted by molar-refractivity contribution is 8.21. The van der Waals surface area contributed by atoms with Gasteiger partial charge in [0.25, 0.3) is 0 Å². The minimum Gasteiger partial charge on any atom is -0.507 e. The number of rotatable bonds is 6. The van der Waals surface area contributed by atoms with E-state index in [0.717, 1.165) is 11.5 Å². The summed E-state index contributed by atoms with van der Waals surface area (Å²) in [6, 6.07) is 5.00. The largest absolute Gasteiger partial charge is 0.507 e. The van der Waals surface area contributed by atoms with Gasteiger partial charge in [-0.05, 0) is 32.9 Å². The lowest BCUT2D eigenvalue weighted by Gasteiger charge is -2.19. The standard InChI is InChI=1S/C16H22N2O3S2/c1-11(2)21-13-5-4-12(14(19)8-13)10-17-18-15(20)9-16(3)22-6-7-23-16/h4-5,8,10-11,19H,6-7,9H2,1-3H3,(H,18,20)/b17-10-. The third-order valence-electron chi connectivity index (χ3n) is 3.15. The molecule has 0 saturated carbocycles. The lowest BCUT2D eigenvalue weighted by atomic mass is 10.2. The van der Waals surface area contributed by atoms with Crippen LogP contribution in [0.25, 0.3) is 0 Å². The molecule has 7 heteroatoms. The molecule has 1 fully saturated rings. The zero-order chi connectivity index (χ0) is 16.9. The first-order valence-electron chi connectivity index (χ1n) is 7.47. The van der Waals surface area contributed by atoms with Crippen molar-refractivity contribution in [2.45, 2.75) is 37.4 Å². The Balaban J connectivity index is 1.88. The summed E-state index contributed by atoms with van der Waals surface area (Å²) in [7, 11) is 0. The molecule has 1 aliphatic rings. The number of nitrogens with zero attached hydrogens (tertiary/aromatic N) is 1. The second kappa shape index (κ2) is 7.97. The van der Waals surface area contributed by atoms with Crippen molar-refractivity contribution < 1.29 is 14.6 Å². The summed E-state index contributed by atoms with van der Waals surface area (Å²) in [5.74, 6) is 2.70. The van der Waals surface area contributed by atoms with Crippen molar-refractivity contribution in [1.82, 2.24) is 5.43 Å². The summed E-state index contributed by atoms with van der Waals surface area (Å²) in [4.78, 5) is 11.9. The van der Waals surface area contributed by atoms with Crippen LogP contribution in [0, 0.1) is 0 Å². The number of phenolic OH excluding ortho intramolecular Hbond substituents is 1. The average molecular weight is 354 g/mol. The number of hydrogen-bond donors (Lipinski definition) is 2. The van der Waals surface area contributed by atoms with Gasteiger partial charge in [0, 0.05) is 23.1 Å². The monoisotopic (exact) mass is 354 g/mol. The van der Waals surface area contributed by atoms with Crippen LogP contribution in [0.15, 0.2) is 23.3 Å². The Morgan fingerprint density at radius 3 is 2.78 bits per heavy atom. The van der Waals surface area contributed by atoms with E-state index in [0.29, 0.717) is 17.7 Å². The Morgan fingerprint density at radius 1 is 1.48 bits per heavy atom. The van der Waals surface area contributed by atoms with Crippen LogP contribution in [0.1, 0.15) is 32.8 Å². The lowest BCUT2D eigenvalue weighted by Crippen LogP contribution is -2.26. The van der Waals surface area contributed by atoms with Crippen molar-refractivity contribution in [3.05, 3.63) is 23.8 Å². The number of nitrogens with one attached hydrogen (secondary N) is 1. The molecule has 1 amide bonds. The SMILES string of the molecule is CC(C)Oc1ccc(/C=N\NC(=O)CC2(C)SCCS2)c(O)c1. The molecule has 23 heavy (non-hydrogen) atoms. The van der Waals surface area contributed by atoms with E-state index in [1.54, 1.807) is 12.1 Å². The van der Waals surface area contributed by atoms with Gasteiger partial charge >= 0.3 is 0 Å². The van der Waals surface area contributed by atoms with Crippen molar-refractivity contribution in [3.63, 3.8) is 0 Å². The molecular formula is C16H22N2O3S2. The van der Waals surface area contributed by atoms with Gasteiger partial charge in [-0.25, -0.2) is 5.43 Å². The Morgan fingerprint density at radius 2 is 2.17 bits per heavy atom. The van der Waals surface area contributed by atoms with Gasteiger partial charge in [0.05, 0.1) is 22.8 Å². The van der Waals surface area contributed by atoms with E-state index in [1.165, 1.54) is 12.3 Å². The van der Waals surface area contributed by atoms with Gasteiger partial charge in [0.1, 0.15) is 11.5 Å². The van der Waals surface area contributed by atoms with Crippen LogP contribution in [0.2, 0.25) is 0 Å². The van der Waals surface area contributed by atoms with Crippen LogP contribution in [0.5, 0.6) is 11.5 Å². The molecule has 5 nitrogen and oxygen atoms in total. The first kappa shape index (κ1) is 18.0. The maximum atomic E-state index is 11.9. The molecule has 0 radical (unpaired) electrons. The fourth-order valence-electron chi connectivity index (χ4n) is 2.14. The van der Waals surface area contributed by atoms with E-state index in [4.69, 9.17) is 4.74 Å². The molecular weight excluding hydrogens is 332 g/mol. The average Bonchev–Trinajstić information content (AvgIpc) is 2.87. The highest BCUT2D eigenvalue weighted by Gasteiger charge is 2.32. The number of aromatic hydroxyl groups is 1. The molecule has 1 heterocycles. The van der Waals surface area contributed by atoms with Gasteiger partial charge in [0.2, 0.25) is 5.91 Å². The van der Waals surface area contributed by atoms with E-state index in [9.17, 15) is 9.90 Å². The molecule has 0 spiro atoms. The predicted molar refractivity (Wildman–Crippen MR) is 97.5 cm³/mol. The Hall–Kier alpha value is -1.34. The van der Waals surface area contributed by atoms with E-state index in [-0.39, 0.29) is 21.8 Å². The van der Waals surface area contributed by atoms with Crippen LogP contribution >= 0.6 is 23.5 Å². The molecule has 2 rings (SSSR count). The minimum atomic E-state index is -0.120. The van der Waals surface area contributed by atoms with E-state index in [1.807, 2.05) is 37.4 Å². The lowest BCUT2D eigenvalue weighted by molar-refractivity contribution is -0.121. The number of phenols is 1. The van der Waals surface area contributed by atoms with Crippen molar-refractivity contribution in [2.75, 3.05) is 11.5 Å². The molecule has 0 bridgehead atoms. The van der Waals surface area contributed by atoms with Crippen LogP contribution < -0.4 is 10.2 Å². The predicted octanol–water partition coefficient (Wildman–Crippen LogP) is 3.22. The number of thioether (sulfide) groups is 2. The molecule has 0 aromatic heterocycles. The third-order valence-corrected chi connectivity index (χ3v) is 6.44. The van der Waals surface area contributed by atoms with Gasteiger partial charge in [-0.2, -0.15) is 5.10 Å². The third kappa shape index (κ3) is 5.66. The highest BCUT2D eigenvalue weighted by atomic mass is 32.2. The number of ether oxygens (including phenoxy) is 1. The summed E-state index contributed by atoms with van der Waals surface area (Å²) in [5, 5.41) is 13.9. The Labute approximate surface area is 145 Å². The van der Waals surface area contributed by atoms with Gasteiger partial charge in [0.15, 0.2) is 0 Å². The van der Waals surface area contributed by atoms with Crippen molar-refractivity contribution in [3.8, 4) is 11.5 Å². The second-order valence-corrected chi connectivity index (χ2v) is 9.14.